The monoisotopic (exact) mass is 226 g/mol. The molecule has 1 saturated heterocycles. The lowest BCUT2D eigenvalue weighted by molar-refractivity contribution is 0.00578. The van der Waals surface area contributed by atoms with Crippen LogP contribution >= 0.6 is 0 Å². The third-order valence-corrected chi connectivity index (χ3v) is 4.34. The summed E-state index contributed by atoms with van der Waals surface area (Å²) in [7, 11) is -0.139. The number of rotatable bonds is 1. The molecule has 3 nitrogen and oxygen atoms in total. The Bertz CT molecular complexity index is 249. The van der Waals surface area contributed by atoms with Gasteiger partial charge in [-0.3, -0.25) is 0 Å². The summed E-state index contributed by atoms with van der Waals surface area (Å²) in [5.74, 6) is 0.352. The van der Waals surface area contributed by atoms with Crippen LogP contribution in [-0.2, 0) is 9.31 Å². The van der Waals surface area contributed by atoms with Crippen molar-refractivity contribution in [1.29, 1.82) is 0 Å². The van der Waals surface area contributed by atoms with E-state index in [1.165, 1.54) is 0 Å². The minimum atomic E-state index is -0.250. The van der Waals surface area contributed by atoms with Gasteiger partial charge in [-0.1, -0.05) is 12.8 Å². The molecule has 0 aromatic rings. The van der Waals surface area contributed by atoms with Gasteiger partial charge in [0.2, 0.25) is 0 Å². The van der Waals surface area contributed by atoms with Crippen LogP contribution in [0.5, 0.6) is 0 Å². The van der Waals surface area contributed by atoms with Gasteiger partial charge in [-0.15, -0.1) is 0 Å². The highest BCUT2D eigenvalue weighted by atomic mass is 16.7. The molecule has 0 aromatic carbocycles. The molecule has 1 aliphatic carbocycles. The summed E-state index contributed by atoms with van der Waals surface area (Å²) in [5, 5.41) is 9.69. The van der Waals surface area contributed by atoms with Gasteiger partial charge in [0, 0.05) is 0 Å². The summed E-state index contributed by atoms with van der Waals surface area (Å²) in [6, 6.07) is 0. The molecule has 2 fully saturated rings. The zero-order valence-electron chi connectivity index (χ0n) is 10.8. The van der Waals surface area contributed by atoms with Crippen LogP contribution in [0, 0.1) is 0 Å². The van der Waals surface area contributed by atoms with Crippen LogP contribution in [0.4, 0.5) is 0 Å². The smallest absolute Gasteiger partial charge is 0.403 e. The molecule has 0 spiro atoms. The Hall–Kier alpha value is -0.0551. The quantitative estimate of drug-likeness (QED) is 0.697. The Morgan fingerprint density at radius 3 is 2.12 bits per heavy atom. The number of hydrogen-bond acceptors (Lipinski definition) is 3. The first kappa shape index (κ1) is 12.4. The van der Waals surface area contributed by atoms with Crippen molar-refractivity contribution in [3.63, 3.8) is 0 Å². The Balaban J connectivity index is 2.02. The molecule has 1 N–H and O–H groups in total. The zero-order chi connectivity index (χ0) is 12.0. The molecule has 2 aliphatic rings. The average molecular weight is 226 g/mol. The molecular weight excluding hydrogens is 203 g/mol. The van der Waals surface area contributed by atoms with Crippen molar-refractivity contribution in [3.8, 4) is 0 Å². The molecule has 16 heavy (non-hydrogen) atoms. The molecule has 2 unspecified atom stereocenters. The van der Waals surface area contributed by atoms with Crippen molar-refractivity contribution >= 4 is 7.12 Å². The van der Waals surface area contributed by atoms with Crippen molar-refractivity contribution in [3.05, 3.63) is 0 Å². The minimum absolute atomic E-state index is 0.139. The fraction of sp³-hybridized carbons (Fsp3) is 1.00. The molecule has 0 bridgehead atoms. The van der Waals surface area contributed by atoms with Gasteiger partial charge in [-0.25, -0.2) is 0 Å². The second kappa shape index (κ2) is 4.00. The van der Waals surface area contributed by atoms with Gasteiger partial charge < -0.3 is 14.4 Å². The SMILES string of the molecule is CC1(C)OB(C2CCCC(O)C2)OC1(C)C. The van der Waals surface area contributed by atoms with Crippen molar-refractivity contribution < 1.29 is 14.4 Å². The van der Waals surface area contributed by atoms with E-state index in [1.54, 1.807) is 0 Å². The maximum Gasteiger partial charge on any atom is 0.461 e. The Labute approximate surface area is 98.7 Å². The van der Waals surface area contributed by atoms with Gasteiger partial charge >= 0.3 is 7.12 Å². The third-order valence-electron chi connectivity index (χ3n) is 4.34. The summed E-state index contributed by atoms with van der Waals surface area (Å²) in [6.45, 7) is 8.30. The van der Waals surface area contributed by atoms with E-state index in [0.717, 1.165) is 25.7 Å². The largest absolute Gasteiger partial charge is 0.461 e. The highest BCUT2D eigenvalue weighted by Gasteiger charge is 2.53. The molecule has 0 amide bonds. The highest BCUT2D eigenvalue weighted by Crippen LogP contribution is 2.43. The fourth-order valence-corrected chi connectivity index (χ4v) is 2.53. The topological polar surface area (TPSA) is 38.7 Å². The number of hydrogen-bond donors (Lipinski definition) is 1. The van der Waals surface area contributed by atoms with E-state index in [2.05, 4.69) is 27.7 Å². The maximum atomic E-state index is 9.69. The lowest BCUT2D eigenvalue weighted by Gasteiger charge is -2.32. The molecule has 1 heterocycles. The first-order valence-corrected chi connectivity index (χ1v) is 6.35. The molecule has 2 atom stereocenters. The van der Waals surface area contributed by atoms with Crippen LogP contribution < -0.4 is 0 Å². The van der Waals surface area contributed by atoms with Gasteiger partial charge in [0.25, 0.3) is 0 Å². The third kappa shape index (κ3) is 2.15. The molecule has 4 heteroatoms. The van der Waals surface area contributed by atoms with Gasteiger partial charge in [-0.2, -0.15) is 0 Å². The maximum absolute atomic E-state index is 9.69. The lowest BCUT2D eigenvalue weighted by atomic mass is 9.64. The lowest BCUT2D eigenvalue weighted by Crippen LogP contribution is -2.41. The molecule has 1 aliphatic heterocycles. The normalized spacial score (nSPS) is 37.7. The molecule has 1 saturated carbocycles. The van der Waals surface area contributed by atoms with Crippen molar-refractivity contribution in [1.82, 2.24) is 0 Å². The summed E-state index contributed by atoms with van der Waals surface area (Å²) in [6.07, 6.45) is 3.76. The molecule has 0 aromatic heterocycles. The van der Waals surface area contributed by atoms with E-state index < -0.39 is 0 Å². The summed E-state index contributed by atoms with van der Waals surface area (Å²) >= 11 is 0. The van der Waals surface area contributed by atoms with Crippen molar-refractivity contribution in [2.45, 2.75) is 76.5 Å². The fourth-order valence-electron chi connectivity index (χ4n) is 2.53. The number of aliphatic hydroxyl groups excluding tert-OH is 1. The average Bonchev–Trinajstić information content (AvgIpc) is 2.36. The summed E-state index contributed by atoms with van der Waals surface area (Å²) < 4.78 is 12.0. The van der Waals surface area contributed by atoms with E-state index in [9.17, 15) is 5.11 Å². The second-order valence-electron chi connectivity index (χ2n) is 6.21. The predicted octanol–water partition coefficient (Wildman–Crippen LogP) is 2.38. The Morgan fingerprint density at radius 2 is 1.62 bits per heavy atom. The Kier molecular flexibility index (Phi) is 3.10. The first-order valence-electron chi connectivity index (χ1n) is 6.35. The molecule has 0 radical (unpaired) electrons. The van der Waals surface area contributed by atoms with E-state index >= 15 is 0 Å². The van der Waals surface area contributed by atoms with E-state index in [-0.39, 0.29) is 24.4 Å². The van der Waals surface area contributed by atoms with Gasteiger partial charge in [-0.05, 0) is 46.4 Å². The summed E-state index contributed by atoms with van der Waals surface area (Å²) in [4.78, 5) is 0. The van der Waals surface area contributed by atoms with Crippen molar-refractivity contribution in [2.75, 3.05) is 0 Å². The van der Waals surface area contributed by atoms with E-state index in [1.807, 2.05) is 0 Å². The van der Waals surface area contributed by atoms with Crippen LogP contribution in [0.1, 0.15) is 53.4 Å². The van der Waals surface area contributed by atoms with Crippen LogP contribution in [0.25, 0.3) is 0 Å². The predicted molar refractivity (Wildman–Crippen MR) is 64.3 cm³/mol. The van der Waals surface area contributed by atoms with Crippen LogP contribution in [0.3, 0.4) is 0 Å². The second-order valence-corrected chi connectivity index (χ2v) is 6.21. The van der Waals surface area contributed by atoms with E-state index in [0.29, 0.717) is 5.82 Å². The van der Waals surface area contributed by atoms with Gasteiger partial charge in [0.1, 0.15) is 0 Å². The molecule has 2 rings (SSSR count). The molecule has 92 valence electrons. The standard InChI is InChI=1S/C12H23BO3/c1-11(2)12(3,4)16-13(15-11)9-6-5-7-10(14)8-9/h9-10,14H,5-8H2,1-4H3. The first-order chi connectivity index (χ1) is 7.32. The summed E-state index contributed by atoms with van der Waals surface area (Å²) in [5.41, 5.74) is -0.500. The molecular formula is C12H23BO3. The van der Waals surface area contributed by atoms with Gasteiger partial charge in [0.15, 0.2) is 0 Å². The van der Waals surface area contributed by atoms with Crippen LogP contribution in [-0.4, -0.2) is 29.5 Å². The van der Waals surface area contributed by atoms with Crippen LogP contribution in [0.15, 0.2) is 0 Å². The van der Waals surface area contributed by atoms with E-state index in [4.69, 9.17) is 9.31 Å². The van der Waals surface area contributed by atoms with Gasteiger partial charge in [0.05, 0.1) is 17.3 Å². The number of aliphatic hydroxyl groups is 1. The van der Waals surface area contributed by atoms with Crippen LogP contribution in [0.2, 0.25) is 5.82 Å². The zero-order valence-corrected chi connectivity index (χ0v) is 10.8. The van der Waals surface area contributed by atoms with Crippen molar-refractivity contribution in [2.24, 2.45) is 0 Å². The highest BCUT2D eigenvalue weighted by molar-refractivity contribution is 6.47. The minimum Gasteiger partial charge on any atom is -0.403 e. The Morgan fingerprint density at radius 1 is 1.06 bits per heavy atom.